The Morgan fingerprint density at radius 1 is 1.21 bits per heavy atom. The van der Waals surface area contributed by atoms with Crippen LogP contribution in [0.15, 0.2) is 47.5 Å². The molecule has 3 N–H and O–H groups in total. The van der Waals surface area contributed by atoms with Gasteiger partial charge < -0.3 is 9.88 Å². The van der Waals surface area contributed by atoms with Crippen LogP contribution in [0.4, 0.5) is 5.82 Å². The van der Waals surface area contributed by atoms with Crippen molar-refractivity contribution in [2.24, 2.45) is 12.2 Å². The minimum Gasteiger partial charge on any atom is -0.369 e. The molecule has 2 aromatic heterocycles. The minimum absolute atomic E-state index is 0.00716. The van der Waals surface area contributed by atoms with Crippen LogP contribution in [0.5, 0.6) is 0 Å². The summed E-state index contributed by atoms with van der Waals surface area (Å²) >= 11 is 0. The van der Waals surface area contributed by atoms with Gasteiger partial charge in [-0.25, -0.2) is 23.5 Å². The van der Waals surface area contributed by atoms with Gasteiger partial charge in [-0.1, -0.05) is 12.1 Å². The Balaban J connectivity index is 1.64. The van der Waals surface area contributed by atoms with Crippen LogP contribution in [0.2, 0.25) is 0 Å². The van der Waals surface area contributed by atoms with Crippen LogP contribution in [-0.2, 0) is 23.5 Å². The molecule has 0 amide bonds. The normalized spacial score (nSPS) is 11.8. The number of aryl methyl sites for hydroxylation is 2. The van der Waals surface area contributed by atoms with E-state index in [1.54, 1.807) is 6.07 Å². The van der Waals surface area contributed by atoms with Crippen LogP contribution in [0.25, 0.3) is 11.0 Å². The fraction of sp³-hybridized carbons (Fsp3) is 0.250. The minimum atomic E-state index is -3.79. The molecule has 0 saturated carbocycles. The molecule has 0 fully saturated rings. The van der Waals surface area contributed by atoms with Crippen molar-refractivity contribution in [3.63, 3.8) is 0 Å². The molecule has 0 radical (unpaired) electrons. The number of primary sulfonamides is 1. The van der Waals surface area contributed by atoms with E-state index in [1.165, 1.54) is 12.3 Å². The Morgan fingerprint density at radius 3 is 2.75 bits per heavy atom. The van der Waals surface area contributed by atoms with E-state index in [9.17, 15) is 8.42 Å². The zero-order valence-electron chi connectivity index (χ0n) is 13.3. The molecule has 0 aliphatic carbocycles. The standard InChI is InChI=1S/C16H19N5O2S/c1-21-13-7-3-2-6-12(13)20-15(21)9-5-11-19-16-14(24(17,22)23)8-4-10-18-16/h2-4,6-8,10H,5,9,11H2,1H3,(H,18,19)(H2,17,22,23). The fourth-order valence-corrected chi connectivity index (χ4v) is 3.29. The topological polar surface area (TPSA) is 103 Å². The van der Waals surface area contributed by atoms with Gasteiger partial charge in [0.15, 0.2) is 0 Å². The summed E-state index contributed by atoms with van der Waals surface area (Å²) in [5.74, 6) is 1.27. The second kappa shape index (κ2) is 6.58. The van der Waals surface area contributed by atoms with Crippen molar-refractivity contribution in [2.45, 2.75) is 17.7 Å². The Morgan fingerprint density at radius 2 is 2.00 bits per heavy atom. The van der Waals surface area contributed by atoms with Crippen LogP contribution >= 0.6 is 0 Å². The van der Waals surface area contributed by atoms with Gasteiger partial charge in [-0.2, -0.15) is 0 Å². The molecule has 3 aromatic rings. The lowest BCUT2D eigenvalue weighted by molar-refractivity contribution is 0.597. The SMILES string of the molecule is Cn1c(CCCNc2ncccc2S(N)(=O)=O)nc2ccccc21. The highest BCUT2D eigenvalue weighted by Gasteiger charge is 2.14. The van der Waals surface area contributed by atoms with E-state index >= 15 is 0 Å². The average molecular weight is 345 g/mol. The molecule has 0 aliphatic heterocycles. The first kappa shape index (κ1) is 16.4. The summed E-state index contributed by atoms with van der Waals surface area (Å²) in [5, 5.41) is 8.23. The van der Waals surface area contributed by atoms with E-state index < -0.39 is 10.0 Å². The van der Waals surface area contributed by atoms with Crippen molar-refractivity contribution in [3.8, 4) is 0 Å². The maximum atomic E-state index is 11.5. The molecular formula is C16H19N5O2S. The zero-order valence-corrected chi connectivity index (χ0v) is 14.1. The number of hydrogen-bond acceptors (Lipinski definition) is 5. The Kier molecular flexibility index (Phi) is 4.50. The molecule has 0 atom stereocenters. The van der Waals surface area contributed by atoms with Crippen molar-refractivity contribution >= 4 is 26.9 Å². The first-order chi connectivity index (χ1) is 11.5. The number of nitrogens with two attached hydrogens (primary N) is 1. The molecule has 0 bridgehead atoms. The fourth-order valence-electron chi connectivity index (χ4n) is 2.63. The van der Waals surface area contributed by atoms with E-state index in [0.717, 1.165) is 29.7 Å². The van der Waals surface area contributed by atoms with Crippen LogP contribution in [-0.4, -0.2) is 29.5 Å². The summed E-state index contributed by atoms with van der Waals surface area (Å²) in [6.45, 7) is 0.572. The number of fused-ring (bicyclic) bond motifs is 1. The van der Waals surface area contributed by atoms with Crippen molar-refractivity contribution < 1.29 is 8.42 Å². The van der Waals surface area contributed by atoms with E-state index in [0.29, 0.717) is 6.54 Å². The third-order valence-electron chi connectivity index (χ3n) is 3.83. The molecule has 0 saturated heterocycles. The number of rotatable bonds is 6. The van der Waals surface area contributed by atoms with E-state index in [2.05, 4.69) is 19.9 Å². The monoisotopic (exact) mass is 345 g/mol. The van der Waals surface area contributed by atoms with Gasteiger partial charge in [0.25, 0.3) is 0 Å². The summed E-state index contributed by atoms with van der Waals surface area (Å²) in [4.78, 5) is 8.68. The Labute approximate surface area is 140 Å². The summed E-state index contributed by atoms with van der Waals surface area (Å²) in [7, 11) is -1.79. The number of pyridine rings is 1. The highest BCUT2D eigenvalue weighted by atomic mass is 32.2. The van der Waals surface area contributed by atoms with Crippen LogP contribution in [0, 0.1) is 0 Å². The number of hydrogen-bond donors (Lipinski definition) is 2. The van der Waals surface area contributed by atoms with Crippen LogP contribution in [0.3, 0.4) is 0 Å². The maximum Gasteiger partial charge on any atom is 0.241 e. The number of nitrogens with zero attached hydrogens (tertiary/aromatic N) is 3. The van der Waals surface area contributed by atoms with Gasteiger partial charge in [0.1, 0.15) is 16.5 Å². The lowest BCUT2D eigenvalue weighted by atomic mass is 10.3. The second-order valence-electron chi connectivity index (χ2n) is 5.50. The van der Waals surface area contributed by atoms with Gasteiger partial charge >= 0.3 is 0 Å². The van der Waals surface area contributed by atoms with Crippen molar-refractivity contribution in [3.05, 3.63) is 48.4 Å². The number of nitrogens with one attached hydrogen (secondary N) is 1. The quantitative estimate of drug-likeness (QED) is 0.661. The lowest BCUT2D eigenvalue weighted by Gasteiger charge is -2.09. The highest BCUT2D eigenvalue weighted by molar-refractivity contribution is 7.89. The number of benzene rings is 1. The number of para-hydroxylation sites is 2. The van der Waals surface area contributed by atoms with Crippen molar-refractivity contribution in [1.29, 1.82) is 0 Å². The van der Waals surface area contributed by atoms with Crippen LogP contribution in [0.1, 0.15) is 12.2 Å². The smallest absolute Gasteiger partial charge is 0.241 e. The molecule has 8 heteroatoms. The van der Waals surface area contributed by atoms with Gasteiger partial charge in [0.2, 0.25) is 10.0 Å². The average Bonchev–Trinajstić information content (AvgIpc) is 2.88. The predicted octanol–water partition coefficient (Wildman–Crippen LogP) is 1.66. The van der Waals surface area contributed by atoms with Crippen molar-refractivity contribution in [1.82, 2.24) is 14.5 Å². The van der Waals surface area contributed by atoms with E-state index in [1.807, 2.05) is 31.3 Å². The first-order valence-corrected chi connectivity index (χ1v) is 9.13. The molecule has 2 heterocycles. The second-order valence-corrected chi connectivity index (χ2v) is 7.03. The molecule has 24 heavy (non-hydrogen) atoms. The summed E-state index contributed by atoms with van der Waals surface area (Å²) < 4.78 is 25.1. The summed E-state index contributed by atoms with van der Waals surface area (Å²) in [6, 6.07) is 11.0. The largest absolute Gasteiger partial charge is 0.369 e. The zero-order chi connectivity index (χ0) is 17.2. The Hall–Kier alpha value is -2.45. The van der Waals surface area contributed by atoms with Gasteiger partial charge in [-0.15, -0.1) is 0 Å². The summed E-state index contributed by atoms with van der Waals surface area (Å²) in [6.07, 6.45) is 3.09. The molecule has 0 unspecified atom stereocenters. The lowest BCUT2D eigenvalue weighted by Crippen LogP contribution is -2.16. The predicted molar refractivity (Wildman–Crippen MR) is 93.1 cm³/mol. The van der Waals surface area contributed by atoms with Crippen molar-refractivity contribution in [2.75, 3.05) is 11.9 Å². The molecular weight excluding hydrogens is 326 g/mol. The first-order valence-electron chi connectivity index (χ1n) is 7.59. The Bertz CT molecular complexity index is 966. The maximum absolute atomic E-state index is 11.5. The molecule has 0 aliphatic rings. The van der Waals surface area contributed by atoms with E-state index in [4.69, 9.17) is 5.14 Å². The summed E-state index contributed by atoms with van der Waals surface area (Å²) in [5.41, 5.74) is 2.07. The molecule has 0 spiro atoms. The number of sulfonamides is 1. The van der Waals surface area contributed by atoms with Crippen LogP contribution < -0.4 is 10.5 Å². The number of imidazole rings is 1. The third kappa shape index (κ3) is 3.39. The van der Waals surface area contributed by atoms with Gasteiger partial charge in [-0.3, -0.25) is 0 Å². The van der Waals surface area contributed by atoms with Gasteiger partial charge in [0.05, 0.1) is 11.0 Å². The molecule has 3 rings (SSSR count). The number of anilines is 1. The third-order valence-corrected chi connectivity index (χ3v) is 4.77. The van der Waals surface area contributed by atoms with Gasteiger partial charge in [-0.05, 0) is 30.7 Å². The number of aromatic nitrogens is 3. The molecule has 1 aromatic carbocycles. The van der Waals surface area contributed by atoms with E-state index in [-0.39, 0.29) is 10.7 Å². The molecule has 7 nitrogen and oxygen atoms in total. The molecule has 126 valence electrons. The highest BCUT2D eigenvalue weighted by Crippen LogP contribution is 2.17. The van der Waals surface area contributed by atoms with Gasteiger partial charge in [0, 0.05) is 26.2 Å².